The third kappa shape index (κ3) is 5.47. The molecule has 0 saturated carbocycles. The van der Waals surface area contributed by atoms with E-state index in [9.17, 15) is 4.21 Å². The van der Waals surface area contributed by atoms with Crippen LogP contribution in [0, 0.1) is 6.92 Å². The Labute approximate surface area is 166 Å². The van der Waals surface area contributed by atoms with Gasteiger partial charge in [0.15, 0.2) is 0 Å². The number of nitrogens with zero attached hydrogens (tertiary/aromatic N) is 3. The number of benzene rings is 2. The van der Waals surface area contributed by atoms with Gasteiger partial charge >= 0.3 is 0 Å². The number of hydrogen-bond donors (Lipinski definition) is 0. The van der Waals surface area contributed by atoms with Crippen LogP contribution in [-0.2, 0) is 16.3 Å². The van der Waals surface area contributed by atoms with Crippen LogP contribution in [0.15, 0.2) is 50.6 Å². The molecule has 0 saturated heterocycles. The number of rotatable bonds is 6. The van der Waals surface area contributed by atoms with Crippen molar-refractivity contribution in [1.82, 2.24) is 4.90 Å². The summed E-state index contributed by atoms with van der Waals surface area (Å²) >= 11 is 12.3. The van der Waals surface area contributed by atoms with Crippen LogP contribution in [0.3, 0.4) is 0 Å². The Morgan fingerprint density at radius 3 is 2.62 bits per heavy atom. The van der Waals surface area contributed by atoms with E-state index in [0.29, 0.717) is 27.2 Å². The highest BCUT2D eigenvalue weighted by Crippen LogP contribution is 2.31. The van der Waals surface area contributed by atoms with E-state index in [1.54, 1.807) is 24.7 Å². The molecule has 1 unspecified atom stereocenters. The average molecular weight is 412 g/mol. The molecule has 0 aliphatic rings. The van der Waals surface area contributed by atoms with E-state index in [-0.39, 0.29) is 0 Å². The molecule has 0 amide bonds. The molecule has 0 N–H and O–H groups in total. The van der Waals surface area contributed by atoms with E-state index in [1.165, 1.54) is 0 Å². The van der Waals surface area contributed by atoms with Crippen molar-refractivity contribution in [2.45, 2.75) is 25.3 Å². The van der Waals surface area contributed by atoms with Crippen molar-refractivity contribution in [3.05, 3.63) is 57.6 Å². The molecule has 0 spiro atoms. The van der Waals surface area contributed by atoms with Crippen molar-refractivity contribution in [1.29, 1.82) is 0 Å². The van der Waals surface area contributed by atoms with Crippen LogP contribution in [0.4, 0.5) is 5.69 Å². The Hall–Kier alpha value is -1.56. The summed E-state index contributed by atoms with van der Waals surface area (Å²) in [5.74, 6) is 0. The highest BCUT2D eigenvalue weighted by atomic mass is 35.5. The van der Waals surface area contributed by atoms with Gasteiger partial charge in [0.05, 0.1) is 38.2 Å². The molecule has 7 heteroatoms. The molecule has 0 aliphatic heterocycles. The molecule has 140 valence electrons. The van der Waals surface area contributed by atoms with E-state index in [4.69, 9.17) is 23.2 Å². The van der Waals surface area contributed by atoms with Gasteiger partial charge in [-0.1, -0.05) is 35.3 Å². The van der Waals surface area contributed by atoms with E-state index in [1.807, 2.05) is 50.1 Å². The Morgan fingerprint density at radius 1 is 1.23 bits per heavy atom. The third-order valence-electron chi connectivity index (χ3n) is 3.93. The van der Waals surface area contributed by atoms with Gasteiger partial charge in [-0.25, -0.2) is 13.6 Å². The van der Waals surface area contributed by atoms with Crippen molar-refractivity contribution in [2.75, 3.05) is 19.8 Å². The zero-order valence-electron chi connectivity index (χ0n) is 15.4. The van der Waals surface area contributed by atoms with Gasteiger partial charge in [-0.3, -0.25) is 0 Å². The first-order chi connectivity index (χ1) is 12.2. The van der Waals surface area contributed by atoms with E-state index in [0.717, 1.165) is 17.7 Å². The molecule has 2 aromatic rings. The standard InChI is InChI=1S/C19H23Cl2N3OS/c1-5-24(3)13-22-18-9-14(2)19(11-17(18)21)26(4,25)23-12-15-7-6-8-16(20)10-15/h6-11,13H,5,12H2,1-4H3. The van der Waals surface area contributed by atoms with Crippen molar-refractivity contribution in [2.24, 2.45) is 9.36 Å². The van der Waals surface area contributed by atoms with Crippen molar-refractivity contribution in [3.8, 4) is 0 Å². The highest BCUT2D eigenvalue weighted by molar-refractivity contribution is 7.93. The van der Waals surface area contributed by atoms with Crippen molar-refractivity contribution in [3.63, 3.8) is 0 Å². The topological polar surface area (TPSA) is 45.0 Å². The zero-order valence-corrected chi connectivity index (χ0v) is 17.7. The van der Waals surface area contributed by atoms with Gasteiger partial charge in [0.2, 0.25) is 0 Å². The van der Waals surface area contributed by atoms with Gasteiger partial charge in [-0.2, -0.15) is 0 Å². The molecule has 0 heterocycles. The Balaban J connectivity index is 2.34. The predicted molar refractivity (Wildman–Crippen MR) is 113 cm³/mol. The summed E-state index contributed by atoms with van der Waals surface area (Å²) in [6.07, 6.45) is 3.36. The van der Waals surface area contributed by atoms with Crippen LogP contribution in [0.5, 0.6) is 0 Å². The Kier molecular flexibility index (Phi) is 7.09. The van der Waals surface area contributed by atoms with Gasteiger partial charge in [-0.15, -0.1) is 0 Å². The number of hydrogen-bond acceptors (Lipinski definition) is 3. The number of aryl methyl sites for hydroxylation is 1. The predicted octanol–water partition coefficient (Wildman–Crippen LogP) is 5.57. The molecule has 0 fully saturated rings. The van der Waals surface area contributed by atoms with Gasteiger partial charge in [-0.05, 0) is 49.2 Å². The van der Waals surface area contributed by atoms with Crippen LogP contribution >= 0.6 is 23.2 Å². The minimum Gasteiger partial charge on any atom is -0.366 e. The quantitative estimate of drug-likeness (QED) is 0.460. The van der Waals surface area contributed by atoms with Crippen LogP contribution in [0.2, 0.25) is 10.0 Å². The zero-order chi connectivity index (χ0) is 19.3. The lowest BCUT2D eigenvalue weighted by molar-refractivity contribution is 0.552. The molecule has 0 aromatic heterocycles. The SMILES string of the molecule is CCN(C)C=Nc1cc(C)c(S(C)(=O)=NCc2cccc(Cl)c2)cc1Cl. The summed E-state index contributed by atoms with van der Waals surface area (Å²) in [5.41, 5.74) is 2.42. The number of aliphatic imine (C=N–C) groups is 1. The van der Waals surface area contributed by atoms with Crippen molar-refractivity contribution < 1.29 is 4.21 Å². The average Bonchev–Trinajstić information content (AvgIpc) is 2.60. The summed E-state index contributed by atoms with van der Waals surface area (Å²) in [6, 6.07) is 10.9. The van der Waals surface area contributed by atoms with E-state index < -0.39 is 9.73 Å². The fourth-order valence-corrected chi connectivity index (χ4v) is 4.32. The maximum absolute atomic E-state index is 13.1. The Bertz CT molecular complexity index is 934. The monoisotopic (exact) mass is 411 g/mol. The molecular weight excluding hydrogens is 389 g/mol. The molecule has 0 bridgehead atoms. The molecule has 2 aromatic carbocycles. The van der Waals surface area contributed by atoms with Gasteiger partial charge in [0.1, 0.15) is 0 Å². The minimum absolute atomic E-state index is 0.328. The van der Waals surface area contributed by atoms with Gasteiger partial charge in [0.25, 0.3) is 0 Å². The summed E-state index contributed by atoms with van der Waals surface area (Å²) in [6.45, 7) is 5.11. The van der Waals surface area contributed by atoms with Gasteiger partial charge in [0, 0.05) is 24.9 Å². The first kappa shape index (κ1) is 20.7. The number of halogens is 2. The molecule has 1 atom stereocenters. The maximum atomic E-state index is 13.1. The molecule has 0 radical (unpaired) electrons. The van der Waals surface area contributed by atoms with Crippen LogP contribution < -0.4 is 0 Å². The van der Waals surface area contributed by atoms with Crippen LogP contribution in [0.25, 0.3) is 0 Å². The minimum atomic E-state index is -2.59. The second kappa shape index (κ2) is 8.89. The van der Waals surface area contributed by atoms with E-state index >= 15 is 0 Å². The van der Waals surface area contributed by atoms with Gasteiger partial charge < -0.3 is 4.90 Å². The molecule has 4 nitrogen and oxygen atoms in total. The Morgan fingerprint density at radius 2 is 1.96 bits per heavy atom. The fraction of sp³-hybridized carbons (Fsp3) is 0.316. The van der Waals surface area contributed by atoms with Crippen LogP contribution in [0.1, 0.15) is 18.1 Å². The molecule has 0 aliphatic carbocycles. The summed E-state index contributed by atoms with van der Waals surface area (Å²) in [4.78, 5) is 6.97. The molecule has 2 rings (SSSR count). The van der Waals surface area contributed by atoms with Crippen molar-refractivity contribution >= 4 is 45.0 Å². The molecular formula is C19H23Cl2N3OS. The first-order valence-corrected chi connectivity index (χ1v) is 10.9. The summed E-state index contributed by atoms with van der Waals surface area (Å²) < 4.78 is 17.6. The smallest absolute Gasteiger partial charge is 0.0910 e. The maximum Gasteiger partial charge on any atom is 0.0910 e. The first-order valence-electron chi connectivity index (χ1n) is 8.20. The second-order valence-electron chi connectivity index (χ2n) is 6.11. The lowest BCUT2D eigenvalue weighted by atomic mass is 10.2. The lowest BCUT2D eigenvalue weighted by Gasteiger charge is -2.12. The second-order valence-corrected chi connectivity index (χ2v) is 9.25. The highest BCUT2D eigenvalue weighted by Gasteiger charge is 2.13. The molecule has 26 heavy (non-hydrogen) atoms. The fourth-order valence-electron chi connectivity index (χ4n) is 2.30. The van der Waals surface area contributed by atoms with E-state index in [2.05, 4.69) is 9.36 Å². The largest absolute Gasteiger partial charge is 0.366 e. The summed E-state index contributed by atoms with van der Waals surface area (Å²) in [5, 5.41) is 1.10. The lowest BCUT2D eigenvalue weighted by Crippen LogP contribution is -2.14. The summed E-state index contributed by atoms with van der Waals surface area (Å²) in [7, 11) is -0.655. The third-order valence-corrected chi connectivity index (χ3v) is 6.34. The van der Waals surface area contributed by atoms with Crippen LogP contribution in [-0.4, -0.2) is 35.3 Å². The normalized spacial score (nSPS) is 13.6.